The summed E-state index contributed by atoms with van der Waals surface area (Å²) in [5.41, 5.74) is 3.71. The second kappa shape index (κ2) is 6.59. The van der Waals surface area contributed by atoms with Crippen molar-refractivity contribution in [3.05, 3.63) is 57.3 Å². The lowest BCUT2D eigenvalue weighted by atomic mass is 10.1. The molecule has 2 aromatic rings. The van der Waals surface area contributed by atoms with E-state index >= 15 is 0 Å². The van der Waals surface area contributed by atoms with Gasteiger partial charge in [-0.15, -0.1) is 11.3 Å². The molecule has 0 bridgehead atoms. The predicted molar refractivity (Wildman–Crippen MR) is 89.0 cm³/mol. The largest absolute Gasteiger partial charge is 0.478 e. The van der Waals surface area contributed by atoms with E-state index < -0.39 is 5.97 Å². The van der Waals surface area contributed by atoms with Gasteiger partial charge in [0.1, 0.15) is 0 Å². The van der Waals surface area contributed by atoms with E-state index in [1.807, 2.05) is 12.1 Å². The van der Waals surface area contributed by atoms with Gasteiger partial charge in [0.25, 0.3) is 0 Å². The molecule has 0 unspecified atom stereocenters. The highest BCUT2D eigenvalue weighted by Crippen LogP contribution is 2.23. The highest BCUT2D eigenvalue weighted by Gasteiger charge is 2.05. The number of aryl methyl sites for hydroxylation is 2. The van der Waals surface area contributed by atoms with Crippen molar-refractivity contribution in [1.82, 2.24) is 0 Å². The lowest BCUT2D eigenvalue weighted by molar-refractivity contribution is -0.131. The van der Waals surface area contributed by atoms with E-state index in [2.05, 4.69) is 44.0 Å². The molecule has 0 spiro atoms. The first-order chi connectivity index (χ1) is 9.94. The summed E-state index contributed by atoms with van der Waals surface area (Å²) >= 11 is 1.61. The number of thiophene rings is 1. The van der Waals surface area contributed by atoms with Crippen LogP contribution in [0.3, 0.4) is 0 Å². The first-order valence-electron chi connectivity index (χ1n) is 6.73. The van der Waals surface area contributed by atoms with E-state index in [1.54, 1.807) is 17.4 Å². The number of nitrogens with zero attached hydrogens (tertiary/aromatic N) is 1. The second-order valence-electron chi connectivity index (χ2n) is 5.18. The maximum Gasteiger partial charge on any atom is 0.328 e. The fourth-order valence-electron chi connectivity index (χ4n) is 2.22. The fraction of sp³-hybridized carbons (Fsp3) is 0.235. The molecule has 0 aliphatic carbocycles. The van der Waals surface area contributed by atoms with E-state index in [1.165, 1.54) is 27.8 Å². The van der Waals surface area contributed by atoms with Crippen LogP contribution in [-0.2, 0) is 11.3 Å². The first-order valence-corrected chi connectivity index (χ1v) is 7.55. The molecular formula is C17H19NO2S. The van der Waals surface area contributed by atoms with Crippen LogP contribution in [0.5, 0.6) is 0 Å². The van der Waals surface area contributed by atoms with Crippen molar-refractivity contribution in [2.45, 2.75) is 20.4 Å². The molecule has 3 nitrogen and oxygen atoms in total. The molecular weight excluding hydrogens is 282 g/mol. The fourth-order valence-corrected chi connectivity index (χ4v) is 3.19. The summed E-state index contributed by atoms with van der Waals surface area (Å²) in [7, 11) is 2.07. The molecule has 0 atom stereocenters. The topological polar surface area (TPSA) is 40.5 Å². The number of hydrogen-bond acceptors (Lipinski definition) is 3. The Hall–Kier alpha value is -2.07. The number of hydrogen-bond donors (Lipinski definition) is 1. The second-order valence-corrected chi connectivity index (χ2v) is 6.38. The van der Waals surface area contributed by atoms with Crippen molar-refractivity contribution in [2.24, 2.45) is 0 Å². The molecule has 0 amide bonds. The zero-order valence-corrected chi connectivity index (χ0v) is 13.3. The van der Waals surface area contributed by atoms with Crippen LogP contribution in [0.15, 0.2) is 36.4 Å². The Morgan fingerprint density at radius 1 is 1.24 bits per heavy atom. The summed E-state index contributed by atoms with van der Waals surface area (Å²) in [5.74, 6) is -0.919. The minimum Gasteiger partial charge on any atom is -0.478 e. The van der Waals surface area contributed by atoms with Gasteiger partial charge < -0.3 is 10.0 Å². The van der Waals surface area contributed by atoms with Crippen LogP contribution in [0.1, 0.15) is 20.9 Å². The molecule has 0 saturated carbocycles. The molecule has 1 N–H and O–H groups in total. The highest BCUT2D eigenvalue weighted by atomic mass is 32.1. The third-order valence-electron chi connectivity index (χ3n) is 3.11. The van der Waals surface area contributed by atoms with Gasteiger partial charge in [-0.2, -0.15) is 0 Å². The normalized spacial score (nSPS) is 11.0. The minimum atomic E-state index is -0.919. The minimum absolute atomic E-state index is 0.814. The van der Waals surface area contributed by atoms with Crippen LogP contribution < -0.4 is 4.90 Å². The smallest absolute Gasteiger partial charge is 0.328 e. The van der Waals surface area contributed by atoms with Crippen molar-refractivity contribution in [3.8, 4) is 0 Å². The van der Waals surface area contributed by atoms with Crippen LogP contribution in [0.2, 0.25) is 0 Å². The molecule has 1 heterocycles. The average molecular weight is 301 g/mol. The number of aliphatic carboxylic acids is 1. The van der Waals surface area contributed by atoms with Gasteiger partial charge in [0, 0.05) is 28.6 Å². The Labute approximate surface area is 129 Å². The van der Waals surface area contributed by atoms with E-state index in [-0.39, 0.29) is 0 Å². The van der Waals surface area contributed by atoms with Crippen LogP contribution in [0.4, 0.5) is 5.69 Å². The van der Waals surface area contributed by atoms with Crippen LogP contribution >= 0.6 is 11.3 Å². The van der Waals surface area contributed by atoms with E-state index in [0.717, 1.165) is 11.4 Å². The maximum absolute atomic E-state index is 10.5. The standard InChI is InChI=1S/C17H19NO2S/c1-12-8-13(2)10-14(9-12)18(3)11-16-5-4-15(21-16)6-7-17(19)20/h4-10H,11H2,1-3H3,(H,19,20). The molecule has 0 radical (unpaired) electrons. The van der Waals surface area contributed by atoms with Gasteiger partial charge in [-0.3, -0.25) is 0 Å². The van der Waals surface area contributed by atoms with E-state index in [0.29, 0.717) is 0 Å². The van der Waals surface area contributed by atoms with Gasteiger partial charge in [0.15, 0.2) is 0 Å². The van der Waals surface area contributed by atoms with Crippen molar-refractivity contribution in [2.75, 3.05) is 11.9 Å². The van der Waals surface area contributed by atoms with E-state index in [9.17, 15) is 4.79 Å². The van der Waals surface area contributed by atoms with Crippen LogP contribution in [0.25, 0.3) is 6.08 Å². The Balaban J connectivity index is 2.09. The Kier molecular flexibility index (Phi) is 4.81. The lowest BCUT2D eigenvalue weighted by Crippen LogP contribution is -2.15. The summed E-state index contributed by atoms with van der Waals surface area (Å²) in [6.45, 7) is 5.02. The molecule has 21 heavy (non-hydrogen) atoms. The molecule has 1 aromatic heterocycles. The quantitative estimate of drug-likeness (QED) is 0.845. The van der Waals surface area contributed by atoms with E-state index in [4.69, 9.17) is 5.11 Å². The Morgan fingerprint density at radius 3 is 2.52 bits per heavy atom. The summed E-state index contributed by atoms with van der Waals surface area (Å²) < 4.78 is 0. The van der Waals surface area contributed by atoms with Gasteiger partial charge in [0.2, 0.25) is 0 Å². The number of carboxylic acid groups (broad SMARTS) is 1. The number of rotatable bonds is 5. The summed E-state index contributed by atoms with van der Waals surface area (Å²) in [5, 5.41) is 8.64. The molecule has 0 saturated heterocycles. The Bertz CT molecular complexity index is 653. The molecule has 0 aliphatic heterocycles. The molecule has 4 heteroatoms. The van der Waals surface area contributed by atoms with Gasteiger partial charge in [-0.1, -0.05) is 6.07 Å². The van der Waals surface area contributed by atoms with Crippen molar-refractivity contribution in [1.29, 1.82) is 0 Å². The van der Waals surface area contributed by atoms with Gasteiger partial charge in [-0.05, 0) is 55.3 Å². The maximum atomic E-state index is 10.5. The number of benzene rings is 1. The molecule has 0 aliphatic rings. The summed E-state index contributed by atoms with van der Waals surface area (Å²) in [6, 6.07) is 10.5. The van der Waals surface area contributed by atoms with Crippen molar-refractivity contribution in [3.63, 3.8) is 0 Å². The SMILES string of the molecule is Cc1cc(C)cc(N(C)Cc2ccc(C=CC(=O)O)s2)c1. The lowest BCUT2D eigenvalue weighted by Gasteiger charge is -2.19. The number of anilines is 1. The van der Waals surface area contributed by atoms with Crippen molar-refractivity contribution < 1.29 is 9.90 Å². The first kappa shape index (κ1) is 15.3. The Morgan fingerprint density at radius 2 is 1.90 bits per heavy atom. The third kappa shape index (κ3) is 4.46. The van der Waals surface area contributed by atoms with Gasteiger partial charge in [-0.25, -0.2) is 4.79 Å². The number of carboxylic acids is 1. The molecule has 2 rings (SSSR count). The molecule has 1 aromatic carbocycles. The zero-order valence-electron chi connectivity index (χ0n) is 12.5. The van der Waals surface area contributed by atoms with Crippen molar-refractivity contribution >= 4 is 29.1 Å². The summed E-state index contributed by atoms with van der Waals surface area (Å²) in [4.78, 5) is 14.9. The molecule has 110 valence electrons. The van der Waals surface area contributed by atoms with Gasteiger partial charge in [0.05, 0.1) is 6.54 Å². The average Bonchev–Trinajstić information content (AvgIpc) is 2.83. The zero-order chi connectivity index (χ0) is 15.4. The highest BCUT2D eigenvalue weighted by molar-refractivity contribution is 7.12. The third-order valence-corrected chi connectivity index (χ3v) is 4.15. The monoisotopic (exact) mass is 301 g/mol. The van der Waals surface area contributed by atoms with Gasteiger partial charge >= 0.3 is 5.97 Å². The van der Waals surface area contributed by atoms with Crippen LogP contribution in [-0.4, -0.2) is 18.1 Å². The summed E-state index contributed by atoms with van der Waals surface area (Å²) in [6.07, 6.45) is 2.80. The van der Waals surface area contributed by atoms with Crippen LogP contribution in [0, 0.1) is 13.8 Å². The molecule has 0 fully saturated rings. The predicted octanol–water partition coefficient (Wildman–Crippen LogP) is 4.10. The number of carbonyl (C=O) groups is 1.